The summed E-state index contributed by atoms with van der Waals surface area (Å²) in [6, 6.07) is 9.70. The summed E-state index contributed by atoms with van der Waals surface area (Å²) < 4.78 is 36.0. The van der Waals surface area contributed by atoms with Crippen molar-refractivity contribution in [3.63, 3.8) is 0 Å². The fourth-order valence-corrected chi connectivity index (χ4v) is 3.04. The van der Waals surface area contributed by atoms with E-state index >= 15 is 0 Å². The highest BCUT2D eigenvalue weighted by molar-refractivity contribution is 8.13. The zero-order valence-corrected chi connectivity index (χ0v) is 12.5. The van der Waals surface area contributed by atoms with Gasteiger partial charge in [0.15, 0.2) is 0 Å². The second-order valence-corrected chi connectivity index (χ2v) is 6.89. The van der Waals surface area contributed by atoms with Gasteiger partial charge in [-0.15, -0.1) is 0 Å². The van der Waals surface area contributed by atoms with Gasteiger partial charge in [-0.25, -0.2) is 12.8 Å². The van der Waals surface area contributed by atoms with Crippen molar-refractivity contribution in [3.8, 4) is 0 Å². The summed E-state index contributed by atoms with van der Waals surface area (Å²) in [6.07, 6.45) is 0. The van der Waals surface area contributed by atoms with Gasteiger partial charge in [-0.05, 0) is 42.8 Å². The lowest BCUT2D eigenvalue weighted by molar-refractivity contribution is 0.102. The molecule has 2 aromatic rings. The Labute approximate surface area is 126 Å². The Bertz CT molecular complexity index is 806. The number of rotatable bonds is 3. The van der Waals surface area contributed by atoms with E-state index in [-0.39, 0.29) is 10.5 Å². The topological polar surface area (TPSA) is 63.2 Å². The van der Waals surface area contributed by atoms with Crippen LogP contribution in [0.15, 0.2) is 47.4 Å². The molecule has 0 aliphatic carbocycles. The Kier molecular flexibility index (Phi) is 4.29. The normalized spacial score (nSPS) is 11.2. The SMILES string of the molecule is Cc1cc(NC(=O)c2ccccc2F)ccc1S(=O)(=O)Cl. The van der Waals surface area contributed by atoms with Crippen LogP contribution in [0.2, 0.25) is 0 Å². The van der Waals surface area contributed by atoms with E-state index < -0.39 is 20.8 Å². The van der Waals surface area contributed by atoms with Crippen LogP contribution in [0.4, 0.5) is 10.1 Å². The molecule has 0 atom stereocenters. The number of carbonyl (C=O) groups excluding carboxylic acids is 1. The molecule has 110 valence electrons. The zero-order chi connectivity index (χ0) is 15.6. The molecular weight excluding hydrogens is 317 g/mol. The molecule has 0 aliphatic heterocycles. The maximum absolute atomic E-state index is 13.5. The third kappa shape index (κ3) is 3.59. The smallest absolute Gasteiger partial charge is 0.261 e. The number of benzene rings is 2. The number of anilines is 1. The predicted molar refractivity (Wildman–Crippen MR) is 78.6 cm³/mol. The molecule has 7 heteroatoms. The lowest BCUT2D eigenvalue weighted by atomic mass is 10.2. The van der Waals surface area contributed by atoms with E-state index in [1.54, 1.807) is 13.0 Å². The van der Waals surface area contributed by atoms with Crippen LogP contribution in [-0.2, 0) is 9.05 Å². The average molecular weight is 328 g/mol. The monoisotopic (exact) mass is 327 g/mol. The molecule has 0 radical (unpaired) electrons. The first-order chi connectivity index (χ1) is 9.79. The van der Waals surface area contributed by atoms with E-state index in [2.05, 4.69) is 5.32 Å². The van der Waals surface area contributed by atoms with Crippen LogP contribution < -0.4 is 5.32 Å². The molecule has 0 aromatic heterocycles. The maximum Gasteiger partial charge on any atom is 0.261 e. The molecule has 0 heterocycles. The summed E-state index contributed by atoms with van der Waals surface area (Å²) in [6.45, 7) is 1.55. The van der Waals surface area contributed by atoms with Crippen molar-refractivity contribution in [2.24, 2.45) is 0 Å². The van der Waals surface area contributed by atoms with E-state index in [1.165, 1.54) is 36.4 Å². The van der Waals surface area contributed by atoms with Gasteiger partial charge in [0.2, 0.25) is 0 Å². The largest absolute Gasteiger partial charge is 0.322 e. The van der Waals surface area contributed by atoms with Gasteiger partial charge in [0.25, 0.3) is 15.0 Å². The Hall–Kier alpha value is -1.92. The average Bonchev–Trinajstić information content (AvgIpc) is 2.37. The first-order valence-corrected chi connectivity index (χ1v) is 8.21. The van der Waals surface area contributed by atoms with Crippen molar-refractivity contribution in [1.82, 2.24) is 0 Å². The van der Waals surface area contributed by atoms with Crippen molar-refractivity contribution in [2.45, 2.75) is 11.8 Å². The molecule has 0 aliphatic rings. The second-order valence-electron chi connectivity index (χ2n) is 4.35. The van der Waals surface area contributed by atoms with Crippen LogP contribution in [0.5, 0.6) is 0 Å². The number of aryl methyl sites for hydroxylation is 1. The summed E-state index contributed by atoms with van der Waals surface area (Å²) in [7, 11) is 1.44. The highest BCUT2D eigenvalue weighted by atomic mass is 35.7. The molecule has 2 rings (SSSR count). The van der Waals surface area contributed by atoms with Gasteiger partial charge in [-0.3, -0.25) is 4.79 Å². The molecular formula is C14H11ClFNO3S. The minimum Gasteiger partial charge on any atom is -0.322 e. The molecule has 21 heavy (non-hydrogen) atoms. The van der Waals surface area contributed by atoms with Crippen LogP contribution in [0, 0.1) is 12.7 Å². The molecule has 0 spiro atoms. The molecule has 1 amide bonds. The van der Waals surface area contributed by atoms with Gasteiger partial charge < -0.3 is 5.32 Å². The van der Waals surface area contributed by atoms with E-state index in [0.29, 0.717) is 11.3 Å². The molecule has 0 bridgehead atoms. The lowest BCUT2D eigenvalue weighted by Crippen LogP contribution is -2.13. The van der Waals surface area contributed by atoms with E-state index in [1.807, 2.05) is 0 Å². The molecule has 0 fully saturated rings. The third-order valence-electron chi connectivity index (χ3n) is 2.81. The van der Waals surface area contributed by atoms with Crippen molar-refractivity contribution in [2.75, 3.05) is 5.32 Å². The van der Waals surface area contributed by atoms with E-state index in [0.717, 1.165) is 0 Å². The predicted octanol–water partition coefficient (Wildman–Crippen LogP) is 3.31. The van der Waals surface area contributed by atoms with E-state index in [9.17, 15) is 17.6 Å². The molecule has 0 saturated heterocycles. The Morgan fingerprint density at radius 3 is 2.43 bits per heavy atom. The summed E-state index contributed by atoms with van der Waals surface area (Å²) in [5, 5.41) is 2.50. The van der Waals surface area contributed by atoms with Crippen molar-refractivity contribution in [3.05, 3.63) is 59.4 Å². The number of halogens is 2. The maximum atomic E-state index is 13.5. The van der Waals surface area contributed by atoms with Crippen molar-refractivity contribution in [1.29, 1.82) is 0 Å². The van der Waals surface area contributed by atoms with Crippen LogP contribution in [0.1, 0.15) is 15.9 Å². The van der Waals surface area contributed by atoms with Gasteiger partial charge >= 0.3 is 0 Å². The van der Waals surface area contributed by atoms with E-state index in [4.69, 9.17) is 10.7 Å². The fraction of sp³-hybridized carbons (Fsp3) is 0.0714. The number of nitrogens with one attached hydrogen (secondary N) is 1. The van der Waals surface area contributed by atoms with Gasteiger partial charge in [0.1, 0.15) is 5.82 Å². The molecule has 1 N–H and O–H groups in total. The minimum atomic E-state index is -3.84. The lowest BCUT2D eigenvalue weighted by Gasteiger charge is -2.08. The van der Waals surface area contributed by atoms with Gasteiger partial charge in [0.05, 0.1) is 10.5 Å². The first-order valence-electron chi connectivity index (χ1n) is 5.90. The zero-order valence-electron chi connectivity index (χ0n) is 10.9. The van der Waals surface area contributed by atoms with Gasteiger partial charge in [-0.1, -0.05) is 12.1 Å². The Balaban J connectivity index is 2.27. The molecule has 0 unspecified atom stereocenters. The number of hydrogen-bond donors (Lipinski definition) is 1. The third-order valence-corrected chi connectivity index (χ3v) is 4.30. The van der Waals surface area contributed by atoms with Crippen LogP contribution in [0.3, 0.4) is 0 Å². The highest BCUT2D eigenvalue weighted by Crippen LogP contribution is 2.23. The summed E-state index contributed by atoms with van der Waals surface area (Å²) in [4.78, 5) is 11.9. The molecule has 0 saturated carbocycles. The van der Waals surface area contributed by atoms with Gasteiger partial charge in [-0.2, -0.15) is 0 Å². The molecule has 2 aromatic carbocycles. The van der Waals surface area contributed by atoms with Crippen LogP contribution >= 0.6 is 10.7 Å². The Morgan fingerprint density at radius 1 is 1.19 bits per heavy atom. The quantitative estimate of drug-likeness (QED) is 0.880. The molecule has 4 nitrogen and oxygen atoms in total. The number of carbonyl (C=O) groups is 1. The summed E-state index contributed by atoms with van der Waals surface area (Å²) in [5.41, 5.74) is 0.644. The minimum absolute atomic E-state index is 0.0342. The highest BCUT2D eigenvalue weighted by Gasteiger charge is 2.15. The van der Waals surface area contributed by atoms with Gasteiger partial charge in [0, 0.05) is 16.4 Å². The van der Waals surface area contributed by atoms with Crippen LogP contribution in [-0.4, -0.2) is 14.3 Å². The van der Waals surface area contributed by atoms with Crippen molar-refractivity contribution < 1.29 is 17.6 Å². The van der Waals surface area contributed by atoms with Crippen LogP contribution in [0.25, 0.3) is 0 Å². The Morgan fingerprint density at radius 2 is 1.86 bits per heavy atom. The first kappa shape index (κ1) is 15.5. The summed E-state index contributed by atoms with van der Waals surface area (Å²) in [5.74, 6) is -1.25. The number of amides is 1. The standard InChI is InChI=1S/C14H11ClFNO3S/c1-9-8-10(6-7-13(9)21(15,19)20)17-14(18)11-4-2-3-5-12(11)16/h2-8H,1H3,(H,17,18). The second kappa shape index (κ2) is 5.83. The van der Waals surface area contributed by atoms with Crippen molar-refractivity contribution >= 4 is 31.3 Å². The fourth-order valence-electron chi connectivity index (χ4n) is 1.84. The summed E-state index contributed by atoms with van der Waals surface area (Å²) >= 11 is 0. The number of hydrogen-bond acceptors (Lipinski definition) is 3.